The SMILES string of the molecule is Cc1ccc(S(=O)(=O)OC[C@@H]2O[C@@]3(CCC#N)OC(C)(C)O[C@H]3[C@@H]2O)cc1. The second kappa shape index (κ2) is 7.13. The van der Waals surface area contributed by atoms with Crippen LogP contribution in [-0.4, -0.2) is 50.0 Å². The molecular formula is C18H23NO7S. The smallest absolute Gasteiger partial charge is 0.297 e. The fraction of sp³-hybridized carbons (Fsp3) is 0.611. The molecule has 3 rings (SSSR count). The van der Waals surface area contributed by atoms with Crippen LogP contribution < -0.4 is 0 Å². The third-order valence-electron chi connectivity index (χ3n) is 4.59. The molecule has 9 heteroatoms. The van der Waals surface area contributed by atoms with Crippen molar-refractivity contribution in [1.29, 1.82) is 5.26 Å². The van der Waals surface area contributed by atoms with Crippen LogP contribution in [0.25, 0.3) is 0 Å². The molecule has 2 fully saturated rings. The van der Waals surface area contributed by atoms with Gasteiger partial charge in [-0.2, -0.15) is 13.7 Å². The molecule has 2 saturated heterocycles. The van der Waals surface area contributed by atoms with Gasteiger partial charge in [0.25, 0.3) is 10.1 Å². The number of hydrogen-bond donors (Lipinski definition) is 1. The van der Waals surface area contributed by atoms with Gasteiger partial charge in [-0.15, -0.1) is 0 Å². The summed E-state index contributed by atoms with van der Waals surface area (Å²) in [6, 6.07) is 8.26. The van der Waals surface area contributed by atoms with E-state index in [1.807, 2.05) is 13.0 Å². The van der Waals surface area contributed by atoms with Gasteiger partial charge in [-0.25, -0.2) is 0 Å². The maximum absolute atomic E-state index is 12.3. The molecule has 0 aliphatic carbocycles. The third kappa shape index (κ3) is 4.01. The van der Waals surface area contributed by atoms with Crippen molar-refractivity contribution in [3.8, 4) is 6.07 Å². The van der Waals surface area contributed by atoms with Gasteiger partial charge in [0, 0.05) is 12.8 Å². The molecule has 0 aromatic heterocycles. The van der Waals surface area contributed by atoms with Crippen LogP contribution in [0.5, 0.6) is 0 Å². The van der Waals surface area contributed by atoms with Crippen molar-refractivity contribution in [3.63, 3.8) is 0 Å². The normalized spacial score (nSPS) is 32.2. The Balaban J connectivity index is 1.72. The second-order valence-electron chi connectivity index (χ2n) is 7.21. The Morgan fingerprint density at radius 1 is 1.26 bits per heavy atom. The van der Waals surface area contributed by atoms with E-state index in [0.717, 1.165) is 5.56 Å². The summed E-state index contributed by atoms with van der Waals surface area (Å²) >= 11 is 0. The van der Waals surface area contributed by atoms with Gasteiger partial charge >= 0.3 is 0 Å². The van der Waals surface area contributed by atoms with E-state index in [1.165, 1.54) is 12.1 Å². The molecule has 0 radical (unpaired) electrons. The summed E-state index contributed by atoms with van der Waals surface area (Å²) in [7, 11) is -4.00. The Hall–Kier alpha value is -1.54. The first-order chi connectivity index (χ1) is 12.6. The molecule has 2 aliphatic rings. The van der Waals surface area contributed by atoms with E-state index < -0.39 is 46.6 Å². The zero-order valence-corrected chi connectivity index (χ0v) is 16.2. The fourth-order valence-electron chi connectivity index (χ4n) is 3.38. The number of aliphatic hydroxyl groups is 1. The number of nitrogens with zero attached hydrogens (tertiary/aromatic N) is 1. The van der Waals surface area contributed by atoms with E-state index in [1.54, 1.807) is 26.0 Å². The van der Waals surface area contributed by atoms with Gasteiger partial charge in [-0.1, -0.05) is 17.7 Å². The van der Waals surface area contributed by atoms with Crippen LogP contribution in [-0.2, 0) is 28.5 Å². The third-order valence-corrected chi connectivity index (χ3v) is 5.88. The lowest BCUT2D eigenvalue weighted by atomic mass is 10.0. The Morgan fingerprint density at radius 3 is 2.56 bits per heavy atom. The Bertz CT molecular complexity index is 830. The van der Waals surface area contributed by atoms with Crippen molar-refractivity contribution >= 4 is 10.1 Å². The van der Waals surface area contributed by atoms with Crippen molar-refractivity contribution in [2.75, 3.05) is 6.61 Å². The first kappa shape index (κ1) is 20.2. The molecule has 27 heavy (non-hydrogen) atoms. The Kier molecular flexibility index (Phi) is 5.33. The average Bonchev–Trinajstić information content (AvgIpc) is 3.00. The van der Waals surface area contributed by atoms with Gasteiger partial charge in [0.15, 0.2) is 5.79 Å². The van der Waals surface area contributed by atoms with Crippen molar-refractivity contribution in [2.45, 2.75) is 68.4 Å². The molecule has 0 amide bonds. The molecule has 8 nitrogen and oxygen atoms in total. The first-order valence-corrected chi connectivity index (χ1v) is 10.1. The molecule has 0 spiro atoms. The molecule has 2 aliphatic heterocycles. The standard InChI is InChI=1S/C18H23NO7S/c1-12-5-7-13(8-6-12)27(21,22)23-11-14-15(20)16-18(24-14,9-4-10-19)26-17(2,3)25-16/h5-8,14-16,20H,4,9,11H2,1-3H3/t14-,15+,16-,18-/m0/s1. The van der Waals surface area contributed by atoms with Gasteiger partial charge in [-0.05, 0) is 32.9 Å². The van der Waals surface area contributed by atoms with Crippen LogP contribution in [0.3, 0.4) is 0 Å². The number of aryl methyl sites for hydroxylation is 1. The molecule has 4 atom stereocenters. The number of ether oxygens (including phenoxy) is 3. The van der Waals surface area contributed by atoms with Crippen molar-refractivity contribution in [1.82, 2.24) is 0 Å². The van der Waals surface area contributed by atoms with E-state index >= 15 is 0 Å². The molecule has 1 aromatic carbocycles. The predicted octanol–water partition coefficient (Wildman–Crippen LogP) is 1.61. The van der Waals surface area contributed by atoms with Crippen LogP contribution in [0, 0.1) is 18.3 Å². The van der Waals surface area contributed by atoms with Crippen molar-refractivity contribution < 1.29 is 31.9 Å². The molecular weight excluding hydrogens is 374 g/mol. The summed E-state index contributed by atoms with van der Waals surface area (Å²) in [5.41, 5.74) is 0.924. The maximum Gasteiger partial charge on any atom is 0.297 e. The molecule has 0 saturated carbocycles. The summed E-state index contributed by atoms with van der Waals surface area (Å²) in [6.45, 7) is 4.82. The zero-order chi connectivity index (χ0) is 19.9. The monoisotopic (exact) mass is 397 g/mol. The van der Waals surface area contributed by atoms with E-state index in [2.05, 4.69) is 0 Å². The summed E-state index contributed by atoms with van der Waals surface area (Å²) in [6.07, 6.45) is -2.63. The van der Waals surface area contributed by atoms with E-state index in [9.17, 15) is 13.5 Å². The minimum Gasteiger partial charge on any atom is -0.387 e. The van der Waals surface area contributed by atoms with Crippen LogP contribution in [0.2, 0.25) is 0 Å². The minimum atomic E-state index is -4.00. The zero-order valence-electron chi connectivity index (χ0n) is 15.4. The number of fused-ring (bicyclic) bond motifs is 1. The minimum absolute atomic E-state index is 0.0219. The number of nitriles is 1. The van der Waals surface area contributed by atoms with Crippen LogP contribution in [0.15, 0.2) is 29.2 Å². The van der Waals surface area contributed by atoms with Gasteiger partial charge < -0.3 is 19.3 Å². The number of hydrogen-bond acceptors (Lipinski definition) is 8. The van der Waals surface area contributed by atoms with Crippen LogP contribution >= 0.6 is 0 Å². The van der Waals surface area contributed by atoms with Crippen molar-refractivity contribution in [3.05, 3.63) is 29.8 Å². The Morgan fingerprint density at radius 2 is 1.93 bits per heavy atom. The van der Waals surface area contributed by atoms with Crippen LogP contribution in [0.4, 0.5) is 0 Å². The number of benzene rings is 1. The lowest BCUT2D eigenvalue weighted by Gasteiger charge is -2.28. The molecule has 0 unspecified atom stereocenters. The highest BCUT2D eigenvalue weighted by molar-refractivity contribution is 7.86. The molecule has 0 bridgehead atoms. The van der Waals surface area contributed by atoms with Gasteiger partial charge in [-0.3, -0.25) is 4.18 Å². The van der Waals surface area contributed by atoms with Crippen molar-refractivity contribution in [2.24, 2.45) is 0 Å². The second-order valence-corrected chi connectivity index (χ2v) is 8.82. The lowest BCUT2D eigenvalue weighted by molar-refractivity contribution is -0.266. The average molecular weight is 397 g/mol. The van der Waals surface area contributed by atoms with Gasteiger partial charge in [0.05, 0.1) is 17.6 Å². The van der Waals surface area contributed by atoms with E-state index in [4.69, 9.17) is 23.7 Å². The number of aliphatic hydroxyl groups excluding tert-OH is 1. The van der Waals surface area contributed by atoms with Gasteiger partial charge in [0.2, 0.25) is 5.79 Å². The first-order valence-electron chi connectivity index (χ1n) is 8.65. The number of rotatable bonds is 6. The Labute approximate surface area is 158 Å². The fourth-order valence-corrected chi connectivity index (χ4v) is 4.30. The van der Waals surface area contributed by atoms with E-state index in [-0.39, 0.29) is 17.7 Å². The molecule has 148 valence electrons. The predicted molar refractivity (Wildman–Crippen MR) is 92.8 cm³/mol. The van der Waals surface area contributed by atoms with Crippen LogP contribution in [0.1, 0.15) is 32.3 Å². The van der Waals surface area contributed by atoms with Gasteiger partial charge in [0.1, 0.15) is 18.3 Å². The summed E-state index contributed by atoms with van der Waals surface area (Å²) in [4.78, 5) is 0.0219. The van der Waals surface area contributed by atoms with E-state index in [0.29, 0.717) is 0 Å². The topological polar surface area (TPSA) is 115 Å². The summed E-state index contributed by atoms with van der Waals surface area (Å²) in [5.74, 6) is -2.29. The summed E-state index contributed by atoms with van der Waals surface area (Å²) < 4.78 is 47.2. The highest BCUT2D eigenvalue weighted by Gasteiger charge is 2.64. The molecule has 1 N–H and O–H groups in total. The lowest BCUT2D eigenvalue weighted by Crippen LogP contribution is -2.40. The highest BCUT2D eigenvalue weighted by Crippen LogP contribution is 2.47. The maximum atomic E-state index is 12.3. The quantitative estimate of drug-likeness (QED) is 0.720. The highest BCUT2D eigenvalue weighted by atomic mass is 32.2. The molecule has 2 heterocycles. The summed E-state index contributed by atoms with van der Waals surface area (Å²) in [5, 5.41) is 19.5. The largest absolute Gasteiger partial charge is 0.387 e. The molecule has 1 aromatic rings.